The number of benzene rings is 1. The number of nitrogens with zero attached hydrogens (tertiary/aromatic N) is 1. The Hall–Kier alpha value is -0.540. The van der Waals surface area contributed by atoms with Crippen LogP contribution in [0.5, 0.6) is 0 Å². The van der Waals surface area contributed by atoms with Gasteiger partial charge in [0, 0.05) is 16.7 Å². The van der Waals surface area contributed by atoms with E-state index in [1.165, 1.54) is 55.8 Å². The van der Waals surface area contributed by atoms with Gasteiger partial charge in [-0.1, -0.05) is 6.42 Å². The molecule has 2 aliphatic heterocycles. The van der Waals surface area contributed by atoms with E-state index in [9.17, 15) is 4.39 Å². The Kier molecular flexibility index (Phi) is 4.44. The number of halogens is 1. The van der Waals surface area contributed by atoms with Crippen molar-refractivity contribution >= 4 is 11.8 Å². The van der Waals surface area contributed by atoms with Crippen molar-refractivity contribution in [1.29, 1.82) is 0 Å². The predicted octanol–water partition coefficient (Wildman–Crippen LogP) is 4.18. The van der Waals surface area contributed by atoms with Gasteiger partial charge in [0.2, 0.25) is 0 Å². The molecule has 0 radical (unpaired) electrons. The summed E-state index contributed by atoms with van der Waals surface area (Å²) in [5, 5.41) is 0. The summed E-state index contributed by atoms with van der Waals surface area (Å²) in [6, 6.07) is 7.75. The molecule has 3 heteroatoms. The zero-order valence-electron chi connectivity index (χ0n) is 11.4. The second kappa shape index (κ2) is 6.27. The molecule has 0 saturated carbocycles. The first-order valence-corrected chi connectivity index (χ1v) is 8.44. The summed E-state index contributed by atoms with van der Waals surface area (Å²) in [6.45, 7) is 2.62. The largest absolute Gasteiger partial charge is 0.300 e. The summed E-state index contributed by atoms with van der Waals surface area (Å²) in [5.74, 6) is 1.87. The molecule has 2 heterocycles. The van der Waals surface area contributed by atoms with Crippen LogP contribution in [-0.2, 0) is 0 Å². The maximum absolute atomic E-state index is 12.9. The Bertz CT molecular complexity index is 404. The molecule has 2 atom stereocenters. The SMILES string of the molecule is Fc1ccc(SC[C@H]2CCCN3CCCC[C@H]23)cc1. The molecule has 1 aromatic rings. The molecule has 0 unspecified atom stereocenters. The van der Waals surface area contributed by atoms with E-state index in [0.717, 1.165) is 12.0 Å². The van der Waals surface area contributed by atoms with Crippen molar-refractivity contribution < 1.29 is 4.39 Å². The van der Waals surface area contributed by atoms with Crippen LogP contribution in [0, 0.1) is 11.7 Å². The molecule has 1 nitrogen and oxygen atoms in total. The van der Waals surface area contributed by atoms with E-state index in [-0.39, 0.29) is 5.82 Å². The number of hydrogen-bond donors (Lipinski definition) is 0. The monoisotopic (exact) mass is 279 g/mol. The summed E-state index contributed by atoms with van der Waals surface area (Å²) in [5.41, 5.74) is 0. The molecule has 19 heavy (non-hydrogen) atoms. The molecule has 0 aliphatic carbocycles. The van der Waals surface area contributed by atoms with E-state index in [1.807, 2.05) is 23.9 Å². The molecular formula is C16H22FNS. The van der Waals surface area contributed by atoms with Crippen molar-refractivity contribution in [2.75, 3.05) is 18.8 Å². The van der Waals surface area contributed by atoms with Gasteiger partial charge in [-0.2, -0.15) is 0 Å². The van der Waals surface area contributed by atoms with Crippen molar-refractivity contribution in [3.8, 4) is 0 Å². The van der Waals surface area contributed by atoms with Gasteiger partial charge in [-0.15, -0.1) is 11.8 Å². The lowest BCUT2D eigenvalue weighted by molar-refractivity contribution is 0.0693. The molecular weight excluding hydrogens is 257 g/mol. The Morgan fingerprint density at radius 1 is 1.05 bits per heavy atom. The summed E-state index contributed by atoms with van der Waals surface area (Å²) in [7, 11) is 0. The number of rotatable bonds is 3. The number of hydrogen-bond acceptors (Lipinski definition) is 2. The van der Waals surface area contributed by atoms with E-state index in [1.54, 1.807) is 12.1 Å². The fourth-order valence-electron chi connectivity index (χ4n) is 3.51. The van der Waals surface area contributed by atoms with Crippen LogP contribution in [0.3, 0.4) is 0 Å². The minimum absolute atomic E-state index is 0.138. The van der Waals surface area contributed by atoms with Crippen LogP contribution in [0.2, 0.25) is 0 Å². The average Bonchev–Trinajstić information content (AvgIpc) is 2.47. The maximum atomic E-state index is 12.9. The first-order valence-electron chi connectivity index (χ1n) is 7.45. The van der Waals surface area contributed by atoms with E-state index in [4.69, 9.17) is 0 Å². The van der Waals surface area contributed by atoms with Gasteiger partial charge in [0.05, 0.1) is 0 Å². The van der Waals surface area contributed by atoms with Crippen molar-refractivity contribution in [2.24, 2.45) is 5.92 Å². The van der Waals surface area contributed by atoms with Gasteiger partial charge in [-0.05, 0) is 69.0 Å². The normalized spacial score (nSPS) is 28.1. The summed E-state index contributed by atoms with van der Waals surface area (Å²) < 4.78 is 12.9. The predicted molar refractivity (Wildman–Crippen MR) is 79.1 cm³/mol. The van der Waals surface area contributed by atoms with Crippen LogP contribution < -0.4 is 0 Å². The highest BCUT2D eigenvalue weighted by Gasteiger charge is 2.32. The van der Waals surface area contributed by atoms with E-state index in [2.05, 4.69) is 4.90 Å². The fourth-order valence-corrected chi connectivity index (χ4v) is 4.63. The quantitative estimate of drug-likeness (QED) is 0.764. The second-order valence-corrected chi connectivity index (χ2v) is 6.86. The van der Waals surface area contributed by atoms with Crippen LogP contribution in [0.25, 0.3) is 0 Å². The standard InChI is InChI=1S/C16H22FNS/c17-14-6-8-15(9-7-14)19-12-13-4-3-11-18-10-2-1-5-16(13)18/h6-9,13,16H,1-5,10-12H2/t13-,16-/m1/s1. The lowest BCUT2D eigenvalue weighted by Gasteiger charge is -2.44. The average molecular weight is 279 g/mol. The van der Waals surface area contributed by atoms with Crippen LogP contribution in [0.15, 0.2) is 29.2 Å². The summed E-state index contributed by atoms with van der Waals surface area (Å²) >= 11 is 1.90. The Morgan fingerprint density at radius 2 is 1.84 bits per heavy atom. The Labute approximate surface area is 119 Å². The third-order valence-corrected chi connectivity index (χ3v) is 5.71. The third-order valence-electron chi connectivity index (χ3n) is 4.51. The first-order chi connectivity index (χ1) is 9.33. The maximum Gasteiger partial charge on any atom is 0.123 e. The smallest absolute Gasteiger partial charge is 0.123 e. The van der Waals surface area contributed by atoms with Crippen molar-refractivity contribution in [2.45, 2.75) is 43.0 Å². The summed E-state index contributed by atoms with van der Waals surface area (Å²) in [4.78, 5) is 3.91. The van der Waals surface area contributed by atoms with Gasteiger partial charge in [0.15, 0.2) is 0 Å². The minimum Gasteiger partial charge on any atom is -0.300 e. The third kappa shape index (κ3) is 3.32. The first kappa shape index (κ1) is 13.4. The lowest BCUT2D eigenvalue weighted by atomic mass is 9.85. The molecule has 104 valence electrons. The zero-order chi connectivity index (χ0) is 13.1. The minimum atomic E-state index is -0.138. The van der Waals surface area contributed by atoms with Crippen LogP contribution in [0.1, 0.15) is 32.1 Å². The van der Waals surface area contributed by atoms with Crippen molar-refractivity contribution in [1.82, 2.24) is 4.90 Å². The topological polar surface area (TPSA) is 3.24 Å². The Morgan fingerprint density at radius 3 is 2.68 bits per heavy atom. The number of piperidine rings is 2. The van der Waals surface area contributed by atoms with E-state index < -0.39 is 0 Å². The molecule has 0 amide bonds. The fraction of sp³-hybridized carbons (Fsp3) is 0.625. The van der Waals surface area contributed by atoms with E-state index >= 15 is 0 Å². The lowest BCUT2D eigenvalue weighted by Crippen LogP contribution is -2.48. The summed E-state index contributed by atoms with van der Waals surface area (Å²) in [6.07, 6.45) is 6.89. The van der Waals surface area contributed by atoms with Gasteiger partial charge in [0.25, 0.3) is 0 Å². The van der Waals surface area contributed by atoms with Crippen molar-refractivity contribution in [3.05, 3.63) is 30.1 Å². The van der Waals surface area contributed by atoms with Crippen LogP contribution in [0.4, 0.5) is 4.39 Å². The highest BCUT2D eigenvalue weighted by atomic mass is 32.2. The molecule has 0 spiro atoms. The van der Waals surface area contributed by atoms with Crippen molar-refractivity contribution in [3.63, 3.8) is 0 Å². The molecule has 1 aromatic carbocycles. The highest BCUT2D eigenvalue weighted by Crippen LogP contribution is 2.34. The van der Waals surface area contributed by atoms with Crippen LogP contribution in [-0.4, -0.2) is 29.8 Å². The molecule has 0 aromatic heterocycles. The second-order valence-electron chi connectivity index (χ2n) is 5.77. The zero-order valence-corrected chi connectivity index (χ0v) is 12.2. The molecule has 3 rings (SSSR count). The molecule has 2 saturated heterocycles. The van der Waals surface area contributed by atoms with Gasteiger partial charge < -0.3 is 4.90 Å². The highest BCUT2D eigenvalue weighted by molar-refractivity contribution is 7.99. The Balaban J connectivity index is 1.57. The van der Waals surface area contributed by atoms with Crippen LogP contribution >= 0.6 is 11.8 Å². The molecule has 2 aliphatic rings. The number of fused-ring (bicyclic) bond motifs is 1. The van der Waals surface area contributed by atoms with Gasteiger partial charge >= 0.3 is 0 Å². The molecule has 0 bridgehead atoms. The van der Waals surface area contributed by atoms with Gasteiger partial charge in [0.1, 0.15) is 5.82 Å². The van der Waals surface area contributed by atoms with Gasteiger partial charge in [-0.25, -0.2) is 4.39 Å². The van der Waals surface area contributed by atoms with E-state index in [0.29, 0.717) is 0 Å². The molecule has 2 fully saturated rings. The van der Waals surface area contributed by atoms with Gasteiger partial charge in [-0.3, -0.25) is 0 Å². The molecule has 0 N–H and O–H groups in total. The number of thioether (sulfide) groups is 1.